The number of benzene rings is 2. The average molecular weight is 333 g/mol. The number of carbonyl (C=O) groups is 1. The monoisotopic (exact) mass is 333 g/mol. The minimum absolute atomic E-state index is 0.118. The molecule has 0 spiro atoms. The van der Waals surface area contributed by atoms with Gasteiger partial charge in [0, 0.05) is 0 Å². The fraction of sp³-hybridized carbons (Fsp3) is 0.235. The lowest BCUT2D eigenvalue weighted by Crippen LogP contribution is -2.30. The molecule has 0 aliphatic rings. The summed E-state index contributed by atoms with van der Waals surface area (Å²) in [5, 5.41) is 0. The molecule has 5 nitrogen and oxygen atoms in total. The van der Waals surface area contributed by atoms with Crippen molar-refractivity contribution in [3.63, 3.8) is 0 Å². The molecule has 1 N–H and O–H groups in total. The third-order valence-electron chi connectivity index (χ3n) is 3.22. The van der Waals surface area contributed by atoms with Crippen molar-refractivity contribution in [2.24, 2.45) is 0 Å². The number of ether oxygens (including phenoxy) is 1. The molecule has 0 atom stereocenters. The van der Waals surface area contributed by atoms with Crippen LogP contribution in [0.4, 0.5) is 0 Å². The molecule has 0 aliphatic carbocycles. The van der Waals surface area contributed by atoms with Crippen LogP contribution in [0.15, 0.2) is 53.4 Å². The van der Waals surface area contributed by atoms with Crippen LogP contribution >= 0.6 is 0 Å². The first-order chi connectivity index (χ1) is 10.9. The number of carbonyl (C=O) groups excluding carboxylic acids is 1. The van der Waals surface area contributed by atoms with E-state index in [9.17, 15) is 13.2 Å². The second kappa shape index (κ2) is 7.39. The highest BCUT2D eigenvalue weighted by atomic mass is 32.2. The van der Waals surface area contributed by atoms with Gasteiger partial charge in [0.05, 0.1) is 4.90 Å². The summed E-state index contributed by atoms with van der Waals surface area (Å²) in [6, 6.07) is 14.0. The number of nitrogens with one attached hydrogen (secondary N) is 1. The van der Waals surface area contributed by atoms with E-state index in [4.69, 9.17) is 4.74 Å². The normalized spacial score (nSPS) is 11.2. The molecule has 6 heteroatoms. The van der Waals surface area contributed by atoms with Gasteiger partial charge in [-0.25, -0.2) is 8.42 Å². The Morgan fingerprint density at radius 1 is 1.04 bits per heavy atom. The van der Waals surface area contributed by atoms with Gasteiger partial charge in [0.2, 0.25) is 10.0 Å². The van der Waals surface area contributed by atoms with Crippen molar-refractivity contribution >= 4 is 16.0 Å². The molecular weight excluding hydrogens is 314 g/mol. The molecule has 2 rings (SSSR count). The molecule has 0 aliphatic heterocycles. The van der Waals surface area contributed by atoms with Crippen LogP contribution in [0.3, 0.4) is 0 Å². The van der Waals surface area contributed by atoms with Crippen molar-refractivity contribution in [3.05, 3.63) is 65.2 Å². The summed E-state index contributed by atoms with van der Waals surface area (Å²) in [7, 11) is -3.71. The Bertz CT molecular complexity index is 782. The van der Waals surface area contributed by atoms with Gasteiger partial charge in [-0.15, -0.1) is 0 Å². The highest BCUT2D eigenvalue weighted by molar-refractivity contribution is 7.89. The van der Waals surface area contributed by atoms with E-state index in [1.54, 1.807) is 12.1 Å². The molecule has 0 radical (unpaired) electrons. The number of aryl methyl sites for hydroxylation is 2. The maximum absolute atomic E-state index is 12.0. The zero-order chi connectivity index (χ0) is 16.9. The fourth-order valence-corrected chi connectivity index (χ4v) is 2.94. The van der Waals surface area contributed by atoms with E-state index in [1.165, 1.54) is 12.1 Å². The number of esters is 1. The van der Waals surface area contributed by atoms with Gasteiger partial charge in [-0.05, 0) is 31.5 Å². The van der Waals surface area contributed by atoms with Crippen LogP contribution in [0.5, 0.6) is 0 Å². The van der Waals surface area contributed by atoms with Gasteiger partial charge < -0.3 is 4.74 Å². The topological polar surface area (TPSA) is 72.5 Å². The Morgan fingerprint density at radius 2 is 1.74 bits per heavy atom. The quantitative estimate of drug-likeness (QED) is 0.824. The van der Waals surface area contributed by atoms with Gasteiger partial charge in [-0.2, -0.15) is 4.72 Å². The van der Waals surface area contributed by atoms with Gasteiger partial charge in [0.1, 0.15) is 13.2 Å². The zero-order valence-corrected chi connectivity index (χ0v) is 13.9. The Labute approximate surface area is 136 Å². The molecule has 0 heterocycles. The molecule has 122 valence electrons. The lowest BCUT2D eigenvalue weighted by atomic mass is 10.1. The third kappa shape index (κ3) is 5.19. The van der Waals surface area contributed by atoms with Crippen molar-refractivity contribution in [3.8, 4) is 0 Å². The first-order valence-corrected chi connectivity index (χ1v) is 8.63. The van der Waals surface area contributed by atoms with Crippen LogP contribution in [0.25, 0.3) is 0 Å². The van der Waals surface area contributed by atoms with Crippen molar-refractivity contribution in [1.82, 2.24) is 4.72 Å². The van der Waals surface area contributed by atoms with Gasteiger partial charge in [0.15, 0.2) is 0 Å². The maximum Gasteiger partial charge on any atom is 0.321 e. The van der Waals surface area contributed by atoms with Crippen molar-refractivity contribution < 1.29 is 17.9 Å². The molecular formula is C17H19NO4S. The SMILES string of the molecule is Cc1ccc(S(=O)(=O)NCC(=O)OCc2cccc(C)c2)cc1. The van der Waals surface area contributed by atoms with Crippen molar-refractivity contribution in [1.29, 1.82) is 0 Å². The van der Waals surface area contributed by atoms with E-state index in [0.29, 0.717) is 0 Å². The first-order valence-electron chi connectivity index (χ1n) is 7.14. The number of sulfonamides is 1. The summed E-state index contributed by atoms with van der Waals surface area (Å²) in [5.74, 6) is -0.623. The Hall–Kier alpha value is -2.18. The molecule has 0 unspecified atom stereocenters. The summed E-state index contributed by atoms with van der Waals surface area (Å²) in [6.07, 6.45) is 0. The first kappa shape index (κ1) is 17.2. The van der Waals surface area contributed by atoms with E-state index in [-0.39, 0.29) is 11.5 Å². The second-order valence-corrected chi connectivity index (χ2v) is 7.05. The Balaban J connectivity index is 1.87. The molecule has 0 saturated heterocycles. The molecule has 0 fully saturated rings. The molecule has 23 heavy (non-hydrogen) atoms. The maximum atomic E-state index is 12.0. The van der Waals surface area contributed by atoms with E-state index in [2.05, 4.69) is 4.72 Å². The summed E-state index contributed by atoms with van der Waals surface area (Å²) in [4.78, 5) is 11.8. The van der Waals surface area contributed by atoms with Crippen molar-refractivity contribution in [2.45, 2.75) is 25.3 Å². The smallest absolute Gasteiger partial charge is 0.321 e. The Kier molecular flexibility index (Phi) is 5.52. The summed E-state index contributed by atoms with van der Waals surface area (Å²) in [6.45, 7) is 3.53. The van der Waals surface area contributed by atoms with Crippen molar-refractivity contribution in [2.75, 3.05) is 6.54 Å². The summed E-state index contributed by atoms with van der Waals surface area (Å²) in [5.41, 5.74) is 2.89. The molecule has 2 aromatic carbocycles. The summed E-state index contributed by atoms with van der Waals surface area (Å²) >= 11 is 0. The van der Waals surface area contributed by atoms with E-state index in [1.807, 2.05) is 38.1 Å². The Morgan fingerprint density at radius 3 is 2.39 bits per heavy atom. The molecule has 2 aromatic rings. The predicted octanol–water partition coefficient (Wildman–Crippen LogP) is 2.33. The third-order valence-corrected chi connectivity index (χ3v) is 4.64. The van der Waals surface area contributed by atoms with Gasteiger partial charge in [-0.3, -0.25) is 4.79 Å². The lowest BCUT2D eigenvalue weighted by molar-refractivity contribution is -0.143. The largest absolute Gasteiger partial charge is 0.460 e. The molecule has 0 saturated carbocycles. The molecule has 0 amide bonds. The minimum atomic E-state index is -3.71. The number of rotatable bonds is 6. The highest BCUT2D eigenvalue weighted by Gasteiger charge is 2.15. The van der Waals surface area contributed by atoms with Crippen LogP contribution < -0.4 is 4.72 Å². The van der Waals surface area contributed by atoms with Gasteiger partial charge >= 0.3 is 5.97 Å². The van der Waals surface area contributed by atoms with Gasteiger partial charge in [0.25, 0.3) is 0 Å². The second-order valence-electron chi connectivity index (χ2n) is 5.29. The number of hydrogen-bond acceptors (Lipinski definition) is 4. The lowest BCUT2D eigenvalue weighted by Gasteiger charge is -2.08. The molecule has 0 aromatic heterocycles. The van der Waals surface area contributed by atoms with E-state index < -0.39 is 22.5 Å². The van der Waals surface area contributed by atoms with Crippen LogP contribution in [-0.4, -0.2) is 20.9 Å². The average Bonchev–Trinajstić information content (AvgIpc) is 2.51. The van der Waals surface area contributed by atoms with Gasteiger partial charge in [-0.1, -0.05) is 47.5 Å². The van der Waals surface area contributed by atoms with Crippen LogP contribution in [0.2, 0.25) is 0 Å². The highest BCUT2D eigenvalue weighted by Crippen LogP contribution is 2.10. The number of hydrogen-bond donors (Lipinski definition) is 1. The minimum Gasteiger partial charge on any atom is -0.460 e. The van der Waals surface area contributed by atoms with Crippen LogP contribution in [0.1, 0.15) is 16.7 Å². The van der Waals surface area contributed by atoms with Crippen LogP contribution in [-0.2, 0) is 26.2 Å². The fourth-order valence-electron chi connectivity index (χ4n) is 1.97. The summed E-state index contributed by atoms with van der Waals surface area (Å²) < 4.78 is 31.4. The predicted molar refractivity (Wildman–Crippen MR) is 87.3 cm³/mol. The molecule has 0 bridgehead atoms. The zero-order valence-electron chi connectivity index (χ0n) is 13.1. The van der Waals surface area contributed by atoms with E-state index >= 15 is 0 Å². The van der Waals surface area contributed by atoms with Crippen LogP contribution in [0, 0.1) is 13.8 Å². The van der Waals surface area contributed by atoms with E-state index in [0.717, 1.165) is 16.7 Å². The standard InChI is InChI=1S/C17H19NO4S/c1-13-6-8-16(9-7-13)23(20,21)18-11-17(19)22-12-15-5-3-4-14(2)10-15/h3-10,18H,11-12H2,1-2H3.